The van der Waals surface area contributed by atoms with Crippen molar-refractivity contribution in [3.8, 4) is 0 Å². The van der Waals surface area contributed by atoms with Gasteiger partial charge in [0.25, 0.3) is 10.0 Å². The Morgan fingerprint density at radius 1 is 1.05 bits per heavy atom. The second-order valence-corrected chi connectivity index (χ2v) is 7.29. The van der Waals surface area contributed by atoms with Gasteiger partial charge in [-0.1, -0.05) is 23.2 Å². The summed E-state index contributed by atoms with van der Waals surface area (Å²) in [5.41, 5.74) is 6.09. The summed E-state index contributed by atoms with van der Waals surface area (Å²) in [5, 5.41) is 0.778. The van der Waals surface area contributed by atoms with E-state index in [1.807, 2.05) is 0 Å². The fourth-order valence-corrected chi connectivity index (χ4v) is 3.55. The summed E-state index contributed by atoms with van der Waals surface area (Å²) in [7, 11) is -3.82. The third-order valence-corrected chi connectivity index (χ3v) is 5.04. The Morgan fingerprint density at radius 2 is 1.65 bits per heavy atom. The predicted octanol–water partition coefficient (Wildman–Crippen LogP) is 4.14. The lowest BCUT2D eigenvalue weighted by Gasteiger charge is -2.12. The number of nitrogens with one attached hydrogen (secondary N) is 1. The summed E-state index contributed by atoms with van der Waals surface area (Å²) in [5.74, 6) is 0. The molecule has 8 heteroatoms. The second kappa shape index (κ2) is 5.81. The maximum absolute atomic E-state index is 12.3. The van der Waals surface area contributed by atoms with Crippen LogP contribution in [0.5, 0.6) is 0 Å². The van der Waals surface area contributed by atoms with Crippen LogP contribution in [-0.2, 0) is 10.0 Å². The van der Waals surface area contributed by atoms with Crippen LogP contribution in [0, 0.1) is 0 Å². The third-order valence-electron chi connectivity index (χ3n) is 2.43. The smallest absolute Gasteiger partial charge is 0.263 e. The molecule has 0 aromatic heterocycles. The lowest BCUT2D eigenvalue weighted by molar-refractivity contribution is 0.601. The first-order chi connectivity index (χ1) is 9.29. The number of sulfonamides is 1. The van der Waals surface area contributed by atoms with Crippen LogP contribution in [0.25, 0.3) is 0 Å². The van der Waals surface area contributed by atoms with E-state index in [1.165, 1.54) is 24.3 Å². The number of nitrogen functional groups attached to an aromatic ring is 1. The van der Waals surface area contributed by atoms with Crippen molar-refractivity contribution in [2.75, 3.05) is 10.5 Å². The minimum atomic E-state index is -3.82. The quantitative estimate of drug-likeness (QED) is 0.767. The minimum absolute atomic E-state index is 0.0474. The zero-order valence-electron chi connectivity index (χ0n) is 9.90. The Balaban J connectivity index is 2.43. The fourth-order valence-electron chi connectivity index (χ4n) is 1.54. The van der Waals surface area contributed by atoms with Gasteiger partial charge in [-0.15, -0.1) is 0 Å². The number of halogens is 3. The van der Waals surface area contributed by atoms with E-state index in [9.17, 15) is 8.42 Å². The van der Waals surface area contributed by atoms with Gasteiger partial charge in [-0.3, -0.25) is 4.72 Å². The predicted molar refractivity (Wildman–Crippen MR) is 85.8 cm³/mol. The summed E-state index contributed by atoms with van der Waals surface area (Å²) >= 11 is 14.8. The van der Waals surface area contributed by atoms with Crippen molar-refractivity contribution >= 4 is 60.5 Å². The van der Waals surface area contributed by atoms with Gasteiger partial charge in [0.2, 0.25) is 0 Å². The molecule has 2 aromatic rings. The number of nitrogens with two attached hydrogens (primary N) is 1. The van der Waals surface area contributed by atoms with Crippen LogP contribution in [0.4, 0.5) is 11.4 Å². The van der Waals surface area contributed by atoms with E-state index in [1.54, 1.807) is 12.1 Å². The van der Waals surface area contributed by atoms with Crippen LogP contribution in [-0.4, -0.2) is 8.42 Å². The van der Waals surface area contributed by atoms with Crippen LogP contribution in [0.2, 0.25) is 10.0 Å². The summed E-state index contributed by atoms with van der Waals surface area (Å²) in [6.07, 6.45) is 0. The number of benzene rings is 2. The van der Waals surface area contributed by atoms with E-state index in [0.717, 1.165) is 0 Å². The molecular formula is C12H9BrCl2N2O2S. The summed E-state index contributed by atoms with van der Waals surface area (Å²) in [6, 6.07) is 8.96. The van der Waals surface area contributed by atoms with Crippen molar-refractivity contribution < 1.29 is 8.42 Å². The van der Waals surface area contributed by atoms with Crippen molar-refractivity contribution in [1.82, 2.24) is 0 Å². The van der Waals surface area contributed by atoms with Gasteiger partial charge >= 0.3 is 0 Å². The summed E-state index contributed by atoms with van der Waals surface area (Å²) in [6.45, 7) is 0. The van der Waals surface area contributed by atoms with E-state index >= 15 is 0 Å². The highest BCUT2D eigenvalue weighted by atomic mass is 79.9. The Morgan fingerprint density at radius 3 is 2.30 bits per heavy atom. The van der Waals surface area contributed by atoms with Gasteiger partial charge in [0.15, 0.2) is 0 Å². The first kappa shape index (κ1) is 15.4. The van der Waals surface area contributed by atoms with Gasteiger partial charge < -0.3 is 5.73 Å². The number of anilines is 2. The minimum Gasteiger partial charge on any atom is -0.398 e. The van der Waals surface area contributed by atoms with Crippen LogP contribution < -0.4 is 10.5 Å². The topological polar surface area (TPSA) is 72.2 Å². The average molecular weight is 396 g/mol. The Kier molecular flexibility index (Phi) is 4.49. The molecule has 3 N–H and O–H groups in total. The monoisotopic (exact) mass is 394 g/mol. The number of hydrogen-bond acceptors (Lipinski definition) is 3. The van der Waals surface area contributed by atoms with Gasteiger partial charge in [0.1, 0.15) is 4.90 Å². The normalized spacial score (nSPS) is 11.3. The number of rotatable bonds is 3. The van der Waals surface area contributed by atoms with Crippen LogP contribution in [0.3, 0.4) is 0 Å². The van der Waals surface area contributed by atoms with Crippen molar-refractivity contribution in [3.05, 3.63) is 50.9 Å². The molecule has 0 aliphatic carbocycles. The third kappa shape index (κ3) is 3.38. The maximum atomic E-state index is 12.3. The first-order valence-electron chi connectivity index (χ1n) is 5.32. The highest BCUT2D eigenvalue weighted by molar-refractivity contribution is 9.10. The highest BCUT2D eigenvalue weighted by Gasteiger charge is 2.19. The summed E-state index contributed by atoms with van der Waals surface area (Å²) in [4.78, 5) is -0.0474. The molecule has 2 rings (SSSR count). The molecule has 0 aliphatic rings. The molecule has 0 bridgehead atoms. The maximum Gasteiger partial charge on any atom is 0.263 e. The van der Waals surface area contributed by atoms with E-state index in [0.29, 0.717) is 20.2 Å². The van der Waals surface area contributed by atoms with Gasteiger partial charge in [-0.25, -0.2) is 8.42 Å². The Bertz CT molecular complexity index is 766. The highest BCUT2D eigenvalue weighted by Crippen LogP contribution is 2.30. The standard InChI is InChI=1S/C12H9BrCl2N2O2S/c13-9-3-1-8(15)6-11(9)17-20(18,19)12-4-2-7(14)5-10(12)16/h1-6,17H,16H2. The molecule has 0 saturated heterocycles. The van der Waals surface area contributed by atoms with E-state index < -0.39 is 10.0 Å². The van der Waals surface area contributed by atoms with E-state index in [4.69, 9.17) is 28.9 Å². The lowest BCUT2D eigenvalue weighted by atomic mass is 10.3. The van der Waals surface area contributed by atoms with Crippen molar-refractivity contribution in [2.24, 2.45) is 0 Å². The molecule has 0 radical (unpaired) electrons. The van der Waals surface area contributed by atoms with Crippen molar-refractivity contribution in [2.45, 2.75) is 4.90 Å². The average Bonchev–Trinajstić information content (AvgIpc) is 2.33. The van der Waals surface area contributed by atoms with Gasteiger partial charge in [0.05, 0.1) is 11.4 Å². The molecule has 20 heavy (non-hydrogen) atoms. The molecule has 106 valence electrons. The molecular weight excluding hydrogens is 387 g/mol. The molecule has 4 nitrogen and oxygen atoms in total. The van der Waals surface area contributed by atoms with Gasteiger partial charge in [-0.2, -0.15) is 0 Å². The first-order valence-corrected chi connectivity index (χ1v) is 8.36. The van der Waals surface area contributed by atoms with Crippen LogP contribution in [0.15, 0.2) is 45.8 Å². The Labute approximate surface area is 135 Å². The largest absolute Gasteiger partial charge is 0.398 e. The van der Waals surface area contributed by atoms with Gasteiger partial charge in [-0.05, 0) is 52.3 Å². The molecule has 0 saturated carbocycles. The number of hydrogen-bond donors (Lipinski definition) is 2. The van der Waals surface area contributed by atoms with E-state index in [2.05, 4.69) is 20.7 Å². The SMILES string of the molecule is Nc1cc(Cl)ccc1S(=O)(=O)Nc1cc(Cl)ccc1Br. The zero-order valence-corrected chi connectivity index (χ0v) is 13.8. The molecule has 0 heterocycles. The van der Waals surface area contributed by atoms with Crippen molar-refractivity contribution in [1.29, 1.82) is 0 Å². The molecule has 0 spiro atoms. The molecule has 0 fully saturated rings. The Hall–Kier alpha value is -0.950. The van der Waals surface area contributed by atoms with Gasteiger partial charge in [0, 0.05) is 14.5 Å². The zero-order chi connectivity index (χ0) is 14.9. The van der Waals surface area contributed by atoms with Crippen LogP contribution >= 0.6 is 39.1 Å². The van der Waals surface area contributed by atoms with Crippen LogP contribution in [0.1, 0.15) is 0 Å². The molecule has 0 unspecified atom stereocenters. The van der Waals surface area contributed by atoms with Crippen molar-refractivity contribution in [3.63, 3.8) is 0 Å². The molecule has 2 aromatic carbocycles. The molecule has 0 atom stereocenters. The molecule has 0 amide bonds. The molecule has 0 aliphatic heterocycles. The second-order valence-electron chi connectivity index (χ2n) is 3.91. The summed E-state index contributed by atoms with van der Waals surface area (Å²) < 4.78 is 27.6. The fraction of sp³-hybridized carbons (Fsp3) is 0. The lowest BCUT2D eigenvalue weighted by Crippen LogP contribution is -2.15. The van der Waals surface area contributed by atoms with E-state index in [-0.39, 0.29) is 10.6 Å².